The molecule has 1 saturated carbocycles. The number of hydrogen-bond acceptors (Lipinski definition) is 4. The SMILES string of the molecule is CC(NC1(CNC(=O)CC2CSCCN2)CCCC1)c1ccccc1.Cl.Cl. The summed E-state index contributed by atoms with van der Waals surface area (Å²) in [5.74, 6) is 2.38. The molecule has 154 valence electrons. The van der Waals surface area contributed by atoms with Crippen LogP contribution in [0.15, 0.2) is 30.3 Å². The maximum atomic E-state index is 12.4. The van der Waals surface area contributed by atoms with E-state index < -0.39 is 0 Å². The lowest BCUT2D eigenvalue weighted by Crippen LogP contribution is -2.53. The van der Waals surface area contributed by atoms with Crippen LogP contribution in [0.3, 0.4) is 0 Å². The molecule has 1 amide bonds. The molecule has 0 aromatic heterocycles. The molecule has 2 atom stereocenters. The van der Waals surface area contributed by atoms with Gasteiger partial charge in [-0.1, -0.05) is 43.2 Å². The van der Waals surface area contributed by atoms with Gasteiger partial charge in [0.25, 0.3) is 0 Å². The topological polar surface area (TPSA) is 53.2 Å². The first kappa shape index (κ1) is 24.6. The molecule has 1 aromatic rings. The molecule has 0 radical (unpaired) electrons. The highest BCUT2D eigenvalue weighted by Crippen LogP contribution is 2.31. The molecule has 1 heterocycles. The van der Waals surface area contributed by atoms with E-state index >= 15 is 0 Å². The summed E-state index contributed by atoms with van der Waals surface area (Å²) in [5.41, 5.74) is 1.35. The van der Waals surface area contributed by atoms with Gasteiger partial charge in [-0.05, 0) is 25.3 Å². The van der Waals surface area contributed by atoms with E-state index in [4.69, 9.17) is 0 Å². The van der Waals surface area contributed by atoms with Crippen LogP contribution in [0.5, 0.6) is 0 Å². The van der Waals surface area contributed by atoms with Crippen LogP contribution in [-0.4, -0.2) is 42.1 Å². The molecule has 2 aliphatic rings. The van der Waals surface area contributed by atoms with Crippen LogP contribution in [-0.2, 0) is 4.79 Å². The van der Waals surface area contributed by atoms with E-state index in [0.717, 1.165) is 37.4 Å². The summed E-state index contributed by atoms with van der Waals surface area (Å²) in [6, 6.07) is 11.2. The Morgan fingerprint density at radius 1 is 1.26 bits per heavy atom. The molecule has 2 fully saturated rings. The number of benzene rings is 1. The molecule has 3 N–H and O–H groups in total. The second kappa shape index (κ2) is 12.2. The second-order valence-corrected chi connectivity index (χ2v) is 8.62. The van der Waals surface area contributed by atoms with E-state index in [1.165, 1.54) is 18.4 Å². The minimum Gasteiger partial charge on any atom is -0.354 e. The highest BCUT2D eigenvalue weighted by Gasteiger charge is 2.35. The van der Waals surface area contributed by atoms with Gasteiger partial charge in [-0.2, -0.15) is 11.8 Å². The molecule has 4 nitrogen and oxygen atoms in total. The van der Waals surface area contributed by atoms with Crippen LogP contribution in [0.2, 0.25) is 0 Å². The number of halogens is 2. The first-order valence-corrected chi connectivity index (χ1v) is 10.7. The van der Waals surface area contributed by atoms with Crippen molar-refractivity contribution in [1.29, 1.82) is 0 Å². The van der Waals surface area contributed by atoms with E-state index in [1.807, 2.05) is 11.8 Å². The van der Waals surface area contributed by atoms with Crippen molar-refractivity contribution in [2.24, 2.45) is 0 Å². The zero-order valence-corrected chi connectivity index (χ0v) is 18.5. The van der Waals surface area contributed by atoms with Crippen molar-refractivity contribution in [2.45, 2.75) is 56.7 Å². The molecular formula is C20H33Cl2N3OS. The summed E-state index contributed by atoms with van der Waals surface area (Å²) in [6.45, 7) is 3.98. The zero-order chi connectivity index (χ0) is 17.5. The van der Waals surface area contributed by atoms with E-state index in [0.29, 0.717) is 18.5 Å². The summed E-state index contributed by atoms with van der Waals surface area (Å²) in [7, 11) is 0. The van der Waals surface area contributed by atoms with Crippen LogP contribution >= 0.6 is 36.6 Å². The van der Waals surface area contributed by atoms with E-state index in [2.05, 4.69) is 53.2 Å². The third-order valence-corrected chi connectivity index (χ3v) is 6.57. The van der Waals surface area contributed by atoms with Gasteiger partial charge in [-0.25, -0.2) is 0 Å². The number of rotatable bonds is 7. The molecule has 1 saturated heterocycles. The minimum absolute atomic E-state index is 0. The molecule has 0 spiro atoms. The Balaban J connectivity index is 0.00000182. The van der Waals surface area contributed by atoms with Crippen molar-refractivity contribution in [2.75, 3.05) is 24.6 Å². The third-order valence-electron chi connectivity index (χ3n) is 5.44. The van der Waals surface area contributed by atoms with Gasteiger partial charge in [0, 0.05) is 48.6 Å². The molecule has 27 heavy (non-hydrogen) atoms. The maximum Gasteiger partial charge on any atom is 0.221 e. The largest absolute Gasteiger partial charge is 0.354 e. The monoisotopic (exact) mass is 433 g/mol. The minimum atomic E-state index is 0. The fraction of sp³-hybridized carbons (Fsp3) is 0.650. The van der Waals surface area contributed by atoms with E-state index in [-0.39, 0.29) is 36.3 Å². The third kappa shape index (κ3) is 7.47. The van der Waals surface area contributed by atoms with Crippen LogP contribution < -0.4 is 16.0 Å². The number of thioether (sulfide) groups is 1. The predicted octanol–water partition coefficient (Wildman–Crippen LogP) is 3.70. The average Bonchev–Trinajstić information content (AvgIpc) is 3.10. The summed E-state index contributed by atoms with van der Waals surface area (Å²) in [4.78, 5) is 12.4. The number of hydrogen-bond donors (Lipinski definition) is 3. The normalized spacial score (nSPS) is 22.2. The molecule has 3 rings (SSSR count). The van der Waals surface area contributed by atoms with Crippen molar-refractivity contribution in [3.05, 3.63) is 35.9 Å². The summed E-state index contributed by atoms with van der Waals surface area (Å²) < 4.78 is 0. The molecule has 0 bridgehead atoms. The van der Waals surface area contributed by atoms with Crippen molar-refractivity contribution in [3.63, 3.8) is 0 Å². The lowest BCUT2D eigenvalue weighted by molar-refractivity contribution is -0.121. The van der Waals surface area contributed by atoms with Crippen molar-refractivity contribution >= 4 is 42.5 Å². The Hall–Kier alpha value is -0.460. The van der Waals surface area contributed by atoms with Gasteiger partial charge in [0.15, 0.2) is 0 Å². The molecule has 1 aromatic carbocycles. The zero-order valence-electron chi connectivity index (χ0n) is 16.0. The highest BCUT2D eigenvalue weighted by molar-refractivity contribution is 7.99. The Labute approximate surface area is 180 Å². The van der Waals surface area contributed by atoms with Crippen LogP contribution in [0.1, 0.15) is 50.6 Å². The first-order chi connectivity index (χ1) is 12.2. The van der Waals surface area contributed by atoms with Gasteiger partial charge in [0.2, 0.25) is 5.91 Å². The highest BCUT2D eigenvalue weighted by atomic mass is 35.5. The van der Waals surface area contributed by atoms with Crippen LogP contribution in [0.25, 0.3) is 0 Å². The molecule has 1 aliphatic carbocycles. The van der Waals surface area contributed by atoms with Gasteiger partial charge in [-0.3, -0.25) is 4.79 Å². The lowest BCUT2D eigenvalue weighted by Gasteiger charge is -2.34. The number of carbonyl (C=O) groups excluding carboxylic acids is 1. The maximum absolute atomic E-state index is 12.4. The number of carbonyl (C=O) groups is 1. The van der Waals surface area contributed by atoms with E-state index in [1.54, 1.807) is 0 Å². The molecule has 2 unspecified atom stereocenters. The van der Waals surface area contributed by atoms with Crippen molar-refractivity contribution in [3.8, 4) is 0 Å². The van der Waals surface area contributed by atoms with Crippen molar-refractivity contribution < 1.29 is 4.79 Å². The molecular weight excluding hydrogens is 401 g/mol. The second-order valence-electron chi connectivity index (χ2n) is 7.47. The quantitative estimate of drug-likeness (QED) is 0.613. The molecule has 7 heteroatoms. The standard InChI is InChI=1S/C20H31N3OS.2ClH/c1-16(17-7-3-2-4-8-17)23-20(9-5-6-10-20)15-22-19(24)13-18-14-25-12-11-21-18;;/h2-4,7-8,16,18,21,23H,5-6,9-15H2,1H3,(H,22,24);2*1H. The van der Waals surface area contributed by atoms with Gasteiger partial charge in [0.05, 0.1) is 0 Å². The number of amides is 1. The van der Waals surface area contributed by atoms with Gasteiger partial charge < -0.3 is 16.0 Å². The van der Waals surface area contributed by atoms with Gasteiger partial charge >= 0.3 is 0 Å². The van der Waals surface area contributed by atoms with Gasteiger partial charge in [-0.15, -0.1) is 24.8 Å². The first-order valence-electron chi connectivity index (χ1n) is 9.57. The lowest BCUT2D eigenvalue weighted by atomic mass is 9.94. The average molecular weight is 434 g/mol. The fourth-order valence-electron chi connectivity index (χ4n) is 4.02. The Kier molecular flexibility index (Phi) is 11.1. The van der Waals surface area contributed by atoms with Crippen molar-refractivity contribution in [1.82, 2.24) is 16.0 Å². The van der Waals surface area contributed by atoms with Gasteiger partial charge in [0.1, 0.15) is 0 Å². The smallest absolute Gasteiger partial charge is 0.221 e. The predicted molar refractivity (Wildman–Crippen MR) is 120 cm³/mol. The summed E-state index contributed by atoms with van der Waals surface area (Å²) in [5, 5.41) is 10.5. The van der Waals surface area contributed by atoms with Crippen LogP contribution in [0, 0.1) is 0 Å². The Morgan fingerprint density at radius 2 is 1.96 bits per heavy atom. The van der Waals surface area contributed by atoms with E-state index in [9.17, 15) is 4.79 Å². The summed E-state index contributed by atoms with van der Waals surface area (Å²) >= 11 is 1.94. The fourth-order valence-corrected chi connectivity index (χ4v) is 4.97. The Morgan fingerprint density at radius 3 is 2.59 bits per heavy atom. The number of nitrogens with one attached hydrogen (secondary N) is 3. The summed E-state index contributed by atoms with van der Waals surface area (Å²) in [6.07, 6.45) is 5.36. The van der Waals surface area contributed by atoms with Crippen LogP contribution in [0.4, 0.5) is 0 Å². The molecule has 1 aliphatic heterocycles. The Bertz CT molecular complexity index is 549.